The predicted octanol–water partition coefficient (Wildman–Crippen LogP) is 3.31. The molecule has 0 aliphatic heterocycles. The molecule has 1 amide bonds. The zero-order chi connectivity index (χ0) is 15.4. The molecular weight excluding hydrogens is 334 g/mol. The van der Waals surface area contributed by atoms with E-state index >= 15 is 0 Å². The average molecular weight is 348 g/mol. The molecule has 0 aromatic heterocycles. The molecule has 0 bridgehead atoms. The number of aliphatic carboxylic acids is 1. The van der Waals surface area contributed by atoms with E-state index in [0.717, 1.165) is 10.0 Å². The molecule has 2 aromatic rings. The second-order valence-corrected chi connectivity index (χ2v) is 5.47. The maximum Gasteiger partial charge on any atom is 0.330 e. The van der Waals surface area contributed by atoms with Crippen LogP contribution in [0.25, 0.3) is 0 Å². The molecule has 1 atom stereocenters. The van der Waals surface area contributed by atoms with Crippen LogP contribution in [0.5, 0.6) is 0 Å². The molecule has 0 spiro atoms. The van der Waals surface area contributed by atoms with Gasteiger partial charge in [-0.3, -0.25) is 4.79 Å². The fraction of sp³-hybridized carbons (Fsp3) is 0.125. The Bertz CT molecular complexity index is 670. The lowest BCUT2D eigenvalue weighted by Crippen LogP contribution is -2.33. The van der Waals surface area contributed by atoms with Crippen LogP contribution in [0.4, 0.5) is 0 Å². The van der Waals surface area contributed by atoms with Crippen LogP contribution in [0.1, 0.15) is 27.5 Å². The van der Waals surface area contributed by atoms with Crippen molar-refractivity contribution in [3.63, 3.8) is 0 Å². The number of benzene rings is 2. The standard InChI is InChI=1S/C16H14BrNO3/c1-10-9-12(7-8-13(10)17)15(19)18-14(16(20)21)11-5-3-2-4-6-11/h2-9,14H,1H3,(H,18,19)(H,20,21). The summed E-state index contributed by atoms with van der Waals surface area (Å²) in [5.41, 5.74) is 1.87. The molecule has 0 heterocycles. The molecule has 5 heteroatoms. The van der Waals surface area contributed by atoms with Gasteiger partial charge in [0.1, 0.15) is 0 Å². The molecule has 2 rings (SSSR count). The number of carbonyl (C=O) groups excluding carboxylic acids is 1. The van der Waals surface area contributed by atoms with Gasteiger partial charge in [0, 0.05) is 10.0 Å². The van der Waals surface area contributed by atoms with E-state index in [1.807, 2.05) is 6.92 Å². The van der Waals surface area contributed by atoms with Crippen LogP contribution in [0.15, 0.2) is 53.0 Å². The Kier molecular flexibility index (Phi) is 4.75. The first-order valence-corrected chi connectivity index (χ1v) is 7.13. The molecule has 0 saturated heterocycles. The van der Waals surface area contributed by atoms with Gasteiger partial charge in [0.25, 0.3) is 5.91 Å². The smallest absolute Gasteiger partial charge is 0.330 e. The summed E-state index contributed by atoms with van der Waals surface area (Å²) in [6.45, 7) is 1.87. The number of carboxylic acid groups (broad SMARTS) is 1. The normalized spacial score (nSPS) is 11.7. The van der Waals surface area contributed by atoms with Crippen LogP contribution in [0.3, 0.4) is 0 Å². The van der Waals surface area contributed by atoms with Crippen molar-refractivity contribution < 1.29 is 14.7 Å². The first kappa shape index (κ1) is 15.3. The van der Waals surface area contributed by atoms with Gasteiger partial charge in [-0.1, -0.05) is 46.3 Å². The number of hydrogen-bond acceptors (Lipinski definition) is 2. The van der Waals surface area contributed by atoms with Crippen molar-refractivity contribution in [2.24, 2.45) is 0 Å². The lowest BCUT2D eigenvalue weighted by molar-refractivity contribution is -0.139. The summed E-state index contributed by atoms with van der Waals surface area (Å²) in [6, 6.07) is 12.7. The number of amides is 1. The van der Waals surface area contributed by atoms with Crippen molar-refractivity contribution in [2.75, 3.05) is 0 Å². The molecule has 0 saturated carbocycles. The van der Waals surface area contributed by atoms with E-state index < -0.39 is 17.9 Å². The molecule has 1 unspecified atom stereocenters. The third-order valence-corrected chi connectivity index (χ3v) is 3.97. The maximum atomic E-state index is 12.2. The van der Waals surface area contributed by atoms with Crippen molar-refractivity contribution in [2.45, 2.75) is 13.0 Å². The van der Waals surface area contributed by atoms with Gasteiger partial charge in [-0.2, -0.15) is 0 Å². The van der Waals surface area contributed by atoms with Crippen LogP contribution in [-0.2, 0) is 4.79 Å². The zero-order valence-corrected chi connectivity index (χ0v) is 12.9. The Labute approximate surface area is 130 Å². The van der Waals surface area contributed by atoms with E-state index in [-0.39, 0.29) is 0 Å². The summed E-state index contributed by atoms with van der Waals surface area (Å²) in [4.78, 5) is 23.6. The van der Waals surface area contributed by atoms with Crippen molar-refractivity contribution in [3.8, 4) is 0 Å². The molecular formula is C16H14BrNO3. The second kappa shape index (κ2) is 6.54. The summed E-state index contributed by atoms with van der Waals surface area (Å²) in [6.07, 6.45) is 0. The first-order chi connectivity index (χ1) is 9.99. The Morgan fingerprint density at radius 2 is 1.81 bits per heavy atom. The minimum Gasteiger partial charge on any atom is -0.479 e. The highest BCUT2D eigenvalue weighted by Gasteiger charge is 2.22. The van der Waals surface area contributed by atoms with Gasteiger partial charge < -0.3 is 10.4 Å². The summed E-state index contributed by atoms with van der Waals surface area (Å²) < 4.78 is 0.900. The van der Waals surface area contributed by atoms with Crippen LogP contribution in [0, 0.1) is 6.92 Å². The Balaban J connectivity index is 2.23. The van der Waals surface area contributed by atoms with Gasteiger partial charge in [-0.15, -0.1) is 0 Å². The molecule has 21 heavy (non-hydrogen) atoms. The monoisotopic (exact) mass is 347 g/mol. The third-order valence-electron chi connectivity index (χ3n) is 3.08. The van der Waals surface area contributed by atoms with Crippen LogP contribution >= 0.6 is 15.9 Å². The van der Waals surface area contributed by atoms with Crippen molar-refractivity contribution in [1.82, 2.24) is 5.32 Å². The maximum absolute atomic E-state index is 12.2. The molecule has 2 aromatic carbocycles. The molecule has 0 fully saturated rings. The van der Waals surface area contributed by atoms with Crippen LogP contribution in [-0.4, -0.2) is 17.0 Å². The molecule has 4 nitrogen and oxygen atoms in total. The molecule has 108 valence electrons. The van der Waals surface area contributed by atoms with Crippen molar-refractivity contribution >= 4 is 27.8 Å². The van der Waals surface area contributed by atoms with E-state index in [2.05, 4.69) is 21.2 Å². The topological polar surface area (TPSA) is 66.4 Å². The highest BCUT2D eigenvalue weighted by molar-refractivity contribution is 9.10. The van der Waals surface area contributed by atoms with Crippen LogP contribution in [0.2, 0.25) is 0 Å². The van der Waals surface area contributed by atoms with Gasteiger partial charge in [0.2, 0.25) is 0 Å². The summed E-state index contributed by atoms with van der Waals surface area (Å²) >= 11 is 3.36. The second-order valence-electron chi connectivity index (χ2n) is 4.62. The number of aryl methyl sites for hydroxylation is 1. The Morgan fingerprint density at radius 3 is 2.38 bits per heavy atom. The summed E-state index contributed by atoms with van der Waals surface area (Å²) in [7, 11) is 0. The van der Waals surface area contributed by atoms with Gasteiger partial charge >= 0.3 is 5.97 Å². The van der Waals surface area contributed by atoms with Gasteiger partial charge in [-0.25, -0.2) is 4.79 Å². The average Bonchev–Trinajstić information content (AvgIpc) is 2.48. The van der Waals surface area contributed by atoms with Crippen LogP contribution < -0.4 is 5.32 Å². The summed E-state index contributed by atoms with van der Waals surface area (Å²) in [5, 5.41) is 11.8. The SMILES string of the molecule is Cc1cc(C(=O)NC(C(=O)O)c2ccccc2)ccc1Br. The number of halogens is 1. The van der Waals surface area contributed by atoms with Gasteiger partial charge in [0.15, 0.2) is 6.04 Å². The van der Waals surface area contributed by atoms with Gasteiger partial charge in [0.05, 0.1) is 0 Å². The molecule has 0 aliphatic rings. The van der Waals surface area contributed by atoms with E-state index in [4.69, 9.17) is 0 Å². The van der Waals surface area contributed by atoms with E-state index in [1.54, 1.807) is 48.5 Å². The fourth-order valence-electron chi connectivity index (χ4n) is 1.93. The molecule has 0 radical (unpaired) electrons. The number of carboxylic acids is 1. The predicted molar refractivity (Wildman–Crippen MR) is 83.2 cm³/mol. The Morgan fingerprint density at radius 1 is 1.14 bits per heavy atom. The first-order valence-electron chi connectivity index (χ1n) is 6.34. The number of nitrogens with one attached hydrogen (secondary N) is 1. The summed E-state index contributed by atoms with van der Waals surface area (Å²) in [5.74, 6) is -1.51. The number of rotatable bonds is 4. The zero-order valence-electron chi connectivity index (χ0n) is 11.3. The minimum absolute atomic E-state index is 0.415. The van der Waals surface area contributed by atoms with Crippen molar-refractivity contribution in [1.29, 1.82) is 0 Å². The van der Waals surface area contributed by atoms with E-state index in [1.165, 1.54) is 0 Å². The van der Waals surface area contributed by atoms with Crippen molar-refractivity contribution in [3.05, 3.63) is 69.7 Å². The highest BCUT2D eigenvalue weighted by atomic mass is 79.9. The molecule has 0 aliphatic carbocycles. The number of carbonyl (C=O) groups is 2. The molecule has 2 N–H and O–H groups in total. The van der Waals surface area contributed by atoms with E-state index in [9.17, 15) is 14.7 Å². The van der Waals surface area contributed by atoms with E-state index in [0.29, 0.717) is 11.1 Å². The lowest BCUT2D eigenvalue weighted by Gasteiger charge is -2.15. The van der Waals surface area contributed by atoms with Gasteiger partial charge in [-0.05, 0) is 36.2 Å². The largest absolute Gasteiger partial charge is 0.479 e. The quantitative estimate of drug-likeness (QED) is 0.891. The number of hydrogen-bond donors (Lipinski definition) is 2. The Hall–Kier alpha value is -2.14. The fourth-order valence-corrected chi connectivity index (χ4v) is 2.18. The third kappa shape index (κ3) is 3.70. The minimum atomic E-state index is -1.09. The lowest BCUT2D eigenvalue weighted by atomic mass is 10.1. The highest BCUT2D eigenvalue weighted by Crippen LogP contribution is 2.18.